The summed E-state index contributed by atoms with van der Waals surface area (Å²) < 4.78 is 13.1. The fourth-order valence-electron chi connectivity index (χ4n) is 5.63. The summed E-state index contributed by atoms with van der Waals surface area (Å²) in [4.78, 5) is 4.76. The number of nitrogens with one attached hydrogen (secondary N) is 1. The molecule has 3 aliphatic carbocycles. The first kappa shape index (κ1) is 16.7. The molecule has 0 aromatic heterocycles. The van der Waals surface area contributed by atoms with Gasteiger partial charge in [0, 0.05) is 17.8 Å². The molecule has 1 aromatic carbocycles. The third-order valence-electron chi connectivity index (χ3n) is 7.18. The fourth-order valence-corrected chi connectivity index (χ4v) is 5.63. The van der Waals surface area contributed by atoms with Crippen LogP contribution >= 0.6 is 0 Å². The molecule has 0 heterocycles. The summed E-state index contributed by atoms with van der Waals surface area (Å²) in [5.41, 5.74) is 3.95. The Hall–Kier alpha value is -1.77. The SMILES string of the molecule is CC12CC(C=N)C(=Nc3ccc(F)cc3)C=C1CCC21CCCCC1. The van der Waals surface area contributed by atoms with Crippen molar-refractivity contribution in [2.75, 3.05) is 0 Å². The Morgan fingerprint density at radius 1 is 1.12 bits per heavy atom. The molecule has 2 nitrogen and oxygen atoms in total. The number of hydrogen-bond donors (Lipinski definition) is 1. The van der Waals surface area contributed by atoms with Crippen molar-refractivity contribution in [2.24, 2.45) is 21.7 Å². The molecule has 0 amide bonds. The molecule has 3 heteroatoms. The predicted octanol–water partition coefficient (Wildman–Crippen LogP) is 6.24. The van der Waals surface area contributed by atoms with Crippen LogP contribution in [0.1, 0.15) is 58.3 Å². The Balaban J connectivity index is 1.72. The van der Waals surface area contributed by atoms with Crippen LogP contribution in [0.5, 0.6) is 0 Å². The summed E-state index contributed by atoms with van der Waals surface area (Å²) in [6, 6.07) is 6.33. The van der Waals surface area contributed by atoms with Gasteiger partial charge >= 0.3 is 0 Å². The van der Waals surface area contributed by atoms with Crippen LogP contribution in [-0.2, 0) is 0 Å². The molecule has 3 aliphatic rings. The summed E-state index contributed by atoms with van der Waals surface area (Å²) in [5, 5.41) is 7.97. The summed E-state index contributed by atoms with van der Waals surface area (Å²) in [6.07, 6.45) is 14.1. The molecular formula is C22H27FN2. The molecule has 25 heavy (non-hydrogen) atoms. The maximum absolute atomic E-state index is 13.1. The van der Waals surface area contributed by atoms with Crippen LogP contribution < -0.4 is 0 Å². The van der Waals surface area contributed by atoms with Gasteiger partial charge in [-0.25, -0.2) is 4.39 Å². The summed E-state index contributed by atoms with van der Waals surface area (Å²) in [5.74, 6) is -0.173. The summed E-state index contributed by atoms with van der Waals surface area (Å²) in [7, 11) is 0. The Kier molecular flexibility index (Phi) is 4.13. The minimum atomic E-state index is -0.239. The van der Waals surface area contributed by atoms with Gasteiger partial charge in [-0.2, -0.15) is 0 Å². The Bertz CT molecular complexity index is 725. The van der Waals surface area contributed by atoms with Gasteiger partial charge in [0.15, 0.2) is 0 Å². The minimum absolute atomic E-state index is 0.0655. The molecule has 0 bridgehead atoms. The van der Waals surface area contributed by atoms with E-state index in [9.17, 15) is 4.39 Å². The predicted molar refractivity (Wildman–Crippen MR) is 101 cm³/mol. The molecule has 1 aromatic rings. The number of benzene rings is 1. The second-order valence-corrected chi connectivity index (χ2v) is 8.33. The van der Waals surface area contributed by atoms with Gasteiger partial charge in [-0.15, -0.1) is 0 Å². The van der Waals surface area contributed by atoms with Crippen molar-refractivity contribution in [3.63, 3.8) is 0 Å². The van der Waals surface area contributed by atoms with Crippen LogP contribution in [0.3, 0.4) is 0 Å². The van der Waals surface area contributed by atoms with Crippen LogP contribution in [0.4, 0.5) is 10.1 Å². The fraction of sp³-hybridized carbons (Fsp3) is 0.545. The number of nitrogens with zero attached hydrogens (tertiary/aromatic N) is 1. The zero-order valence-electron chi connectivity index (χ0n) is 15.0. The molecule has 2 fully saturated rings. The Labute approximate surface area is 149 Å². The molecular weight excluding hydrogens is 311 g/mol. The number of rotatable bonds is 2. The number of fused-ring (bicyclic) bond motifs is 2. The van der Waals surface area contributed by atoms with E-state index in [1.807, 2.05) is 0 Å². The van der Waals surface area contributed by atoms with Crippen LogP contribution in [0.15, 0.2) is 40.9 Å². The van der Waals surface area contributed by atoms with Gasteiger partial charge < -0.3 is 5.41 Å². The van der Waals surface area contributed by atoms with Gasteiger partial charge in [0.05, 0.1) is 5.69 Å². The van der Waals surface area contributed by atoms with Gasteiger partial charge in [-0.3, -0.25) is 4.99 Å². The van der Waals surface area contributed by atoms with Crippen LogP contribution in [0, 0.1) is 28.0 Å². The lowest BCUT2D eigenvalue weighted by Gasteiger charge is -2.50. The van der Waals surface area contributed by atoms with E-state index in [0.717, 1.165) is 17.8 Å². The van der Waals surface area contributed by atoms with Crippen molar-refractivity contribution in [3.8, 4) is 0 Å². The number of hydrogen-bond acceptors (Lipinski definition) is 2. The van der Waals surface area contributed by atoms with Crippen molar-refractivity contribution in [3.05, 3.63) is 41.7 Å². The average Bonchev–Trinajstić information content (AvgIpc) is 2.89. The maximum atomic E-state index is 13.1. The van der Waals surface area contributed by atoms with E-state index in [2.05, 4.69) is 13.0 Å². The highest BCUT2D eigenvalue weighted by atomic mass is 19.1. The number of allylic oxidation sites excluding steroid dienone is 2. The zero-order chi connectivity index (χ0) is 17.5. The Morgan fingerprint density at radius 3 is 2.52 bits per heavy atom. The average molecular weight is 338 g/mol. The van der Waals surface area contributed by atoms with Gasteiger partial charge in [-0.1, -0.05) is 31.8 Å². The van der Waals surface area contributed by atoms with Crippen molar-refractivity contribution in [1.82, 2.24) is 0 Å². The molecule has 2 atom stereocenters. The van der Waals surface area contributed by atoms with Gasteiger partial charge in [0.2, 0.25) is 0 Å². The van der Waals surface area contributed by atoms with Gasteiger partial charge in [0.25, 0.3) is 0 Å². The first-order valence-corrected chi connectivity index (χ1v) is 9.62. The lowest BCUT2D eigenvalue weighted by atomic mass is 9.54. The molecule has 2 unspecified atom stereocenters. The number of halogens is 1. The van der Waals surface area contributed by atoms with E-state index >= 15 is 0 Å². The minimum Gasteiger partial charge on any atom is -0.312 e. The second kappa shape index (κ2) is 6.19. The first-order valence-electron chi connectivity index (χ1n) is 9.62. The smallest absolute Gasteiger partial charge is 0.123 e. The van der Waals surface area contributed by atoms with E-state index in [0.29, 0.717) is 5.41 Å². The van der Waals surface area contributed by atoms with E-state index in [-0.39, 0.29) is 17.2 Å². The lowest BCUT2D eigenvalue weighted by molar-refractivity contribution is 0.0539. The van der Waals surface area contributed by atoms with Crippen LogP contribution in [0.25, 0.3) is 0 Å². The largest absolute Gasteiger partial charge is 0.312 e. The van der Waals surface area contributed by atoms with E-state index in [4.69, 9.17) is 10.4 Å². The number of aliphatic imine (C=N–C) groups is 1. The van der Waals surface area contributed by atoms with E-state index in [1.165, 1.54) is 62.7 Å². The molecule has 132 valence electrons. The molecule has 0 saturated heterocycles. The van der Waals surface area contributed by atoms with Crippen LogP contribution in [0.2, 0.25) is 0 Å². The zero-order valence-corrected chi connectivity index (χ0v) is 15.0. The quantitative estimate of drug-likeness (QED) is 0.619. The monoisotopic (exact) mass is 338 g/mol. The lowest BCUT2D eigenvalue weighted by Crippen LogP contribution is -2.42. The topological polar surface area (TPSA) is 36.2 Å². The van der Waals surface area contributed by atoms with Crippen molar-refractivity contribution in [1.29, 1.82) is 5.41 Å². The third kappa shape index (κ3) is 2.68. The highest BCUT2D eigenvalue weighted by molar-refractivity contribution is 6.08. The van der Waals surface area contributed by atoms with Gasteiger partial charge in [0.1, 0.15) is 5.82 Å². The van der Waals surface area contributed by atoms with Crippen molar-refractivity contribution < 1.29 is 4.39 Å². The molecule has 4 rings (SSSR count). The normalized spacial score (nSPS) is 32.5. The van der Waals surface area contributed by atoms with E-state index in [1.54, 1.807) is 18.3 Å². The molecule has 0 aliphatic heterocycles. The molecule has 2 saturated carbocycles. The van der Waals surface area contributed by atoms with Crippen molar-refractivity contribution in [2.45, 2.75) is 58.3 Å². The standard InChI is InChI=1S/C22H27FN2/c1-21-14-16(15-24)20(25-19-7-5-18(23)6-8-19)13-17(21)9-12-22(21)10-3-2-4-11-22/h5-8,13,15-16,24H,2-4,9-12,14H2,1H3. The molecule has 1 spiro atoms. The first-order chi connectivity index (χ1) is 12.1. The van der Waals surface area contributed by atoms with E-state index < -0.39 is 0 Å². The Morgan fingerprint density at radius 2 is 1.84 bits per heavy atom. The highest BCUT2D eigenvalue weighted by Crippen LogP contribution is 2.65. The summed E-state index contributed by atoms with van der Waals surface area (Å²) >= 11 is 0. The van der Waals surface area contributed by atoms with Crippen LogP contribution in [-0.4, -0.2) is 11.9 Å². The highest BCUT2D eigenvalue weighted by Gasteiger charge is 2.56. The van der Waals surface area contributed by atoms with Gasteiger partial charge in [-0.05, 0) is 73.3 Å². The second-order valence-electron chi connectivity index (χ2n) is 8.33. The molecule has 1 N–H and O–H groups in total. The summed E-state index contributed by atoms with van der Waals surface area (Å²) in [6.45, 7) is 2.45. The maximum Gasteiger partial charge on any atom is 0.123 e. The van der Waals surface area contributed by atoms with Crippen molar-refractivity contribution >= 4 is 17.6 Å². The third-order valence-corrected chi connectivity index (χ3v) is 7.18. The molecule has 0 radical (unpaired) electrons.